The van der Waals surface area contributed by atoms with Crippen molar-refractivity contribution in [2.45, 2.75) is 38.6 Å². The van der Waals surface area contributed by atoms with E-state index >= 15 is 0 Å². The molecule has 2 heterocycles. The van der Waals surface area contributed by atoms with Crippen molar-refractivity contribution in [3.05, 3.63) is 53.3 Å². The van der Waals surface area contributed by atoms with Crippen molar-refractivity contribution < 1.29 is 9.47 Å². The molecule has 0 amide bonds. The number of methoxy groups -OCH3 is 1. The van der Waals surface area contributed by atoms with Crippen molar-refractivity contribution in [3.63, 3.8) is 0 Å². The van der Waals surface area contributed by atoms with Crippen LogP contribution in [0.2, 0.25) is 0 Å². The van der Waals surface area contributed by atoms with Crippen LogP contribution in [0.15, 0.2) is 41.5 Å². The highest BCUT2D eigenvalue weighted by atomic mass is 16.5. The van der Waals surface area contributed by atoms with Gasteiger partial charge in [0.1, 0.15) is 5.75 Å². The Labute approximate surface area is 180 Å². The Balaban J connectivity index is 1.90. The Kier molecular flexibility index (Phi) is 7.43. The Morgan fingerprint density at radius 1 is 1.30 bits per heavy atom. The zero-order chi connectivity index (χ0) is 21.6. The maximum atomic E-state index is 5.75. The zero-order valence-corrected chi connectivity index (χ0v) is 19.1. The predicted molar refractivity (Wildman–Crippen MR) is 122 cm³/mol. The van der Waals surface area contributed by atoms with E-state index in [2.05, 4.69) is 79.3 Å². The maximum Gasteiger partial charge on any atom is 0.194 e. The lowest BCUT2D eigenvalue weighted by atomic mass is 9.73. The summed E-state index contributed by atoms with van der Waals surface area (Å²) in [6.45, 7) is 8.09. The average molecular weight is 413 g/mol. The van der Waals surface area contributed by atoms with E-state index in [-0.39, 0.29) is 5.41 Å². The minimum Gasteiger partial charge on any atom is -0.496 e. The molecule has 1 saturated heterocycles. The number of aromatic nitrogens is 1. The summed E-state index contributed by atoms with van der Waals surface area (Å²) in [5.74, 6) is 1.87. The molecule has 0 radical (unpaired) electrons. The van der Waals surface area contributed by atoms with Crippen LogP contribution in [0.1, 0.15) is 36.6 Å². The molecule has 1 aliphatic heterocycles. The SMILES string of the molecule is CCNC(=NCC1(c2cc(C)ccc2OC)CCOCC1)N(C)Cc1cccn1C. The summed E-state index contributed by atoms with van der Waals surface area (Å²) in [4.78, 5) is 7.31. The van der Waals surface area contributed by atoms with E-state index < -0.39 is 0 Å². The van der Waals surface area contributed by atoms with Crippen molar-refractivity contribution in [2.75, 3.05) is 40.5 Å². The van der Waals surface area contributed by atoms with Gasteiger partial charge in [-0.15, -0.1) is 0 Å². The molecule has 1 aromatic heterocycles. The fourth-order valence-electron chi connectivity index (χ4n) is 4.19. The van der Waals surface area contributed by atoms with Gasteiger partial charge in [-0.05, 0) is 44.9 Å². The number of benzene rings is 1. The molecule has 6 heteroatoms. The van der Waals surface area contributed by atoms with Gasteiger partial charge in [-0.2, -0.15) is 0 Å². The molecule has 6 nitrogen and oxygen atoms in total. The summed E-state index contributed by atoms with van der Waals surface area (Å²) in [7, 11) is 5.93. The van der Waals surface area contributed by atoms with Crippen LogP contribution in [0.4, 0.5) is 0 Å². The Morgan fingerprint density at radius 2 is 2.07 bits per heavy atom. The minimum atomic E-state index is -0.0813. The number of hydrogen-bond acceptors (Lipinski definition) is 3. The monoisotopic (exact) mass is 412 g/mol. The number of ether oxygens (including phenoxy) is 2. The molecule has 1 aromatic carbocycles. The van der Waals surface area contributed by atoms with E-state index in [1.54, 1.807) is 7.11 Å². The first-order valence-corrected chi connectivity index (χ1v) is 10.8. The second-order valence-electron chi connectivity index (χ2n) is 8.23. The first-order chi connectivity index (χ1) is 14.5. The number of aliphatic imine (C=N–C) groups is 1. The lowest BCUT2D eigenvalue weighted by Crippen LogP contribution is -2.42. The second kappa shape index (κ2) is 10.0. The predicted octanol–water partition coefficient (Wildman–Crippen LogP) is 3.49. The van der Waals surface area contributed by atoms with Crippen LogP contribution in [0.25, 0.3) is 0 Å². The van der Waals surface area contributed by atoms with Gasteiger partial charge in [-0.25, -0.2) is 0 Å². The van der Waals surface area contributed by atoms with Crippen molar-refractivity contribution in [2.24, 2.45) is 12.0 Å². The Bertz CT molecular complexity index is 853. The first kappa shape index (κ1) is 22.2. The van der Waals surface area contributed by atoms with Crippen LogP contribution < -0.4 is 10.1 Å². The third-order valence-electron chi connectivity index (χ3n) is 6.05. The van der Waals surface area contributed by atoms with Crippen molar-refractivity contribution in [3.8, 4) is 5.75 Å². The summed E-state index contributed by atoms with van der Waals surface area (Å²) in [6.07, 6.45) is 3.96. The van der Waals surface area contributed by atoms with Gasteiger partial charge >= 0.3 is 0 Å². The molecule has 0 saturated carbocycles. The Hall–Kier alpha value is -2.47. The van der Waals surface area contributed by atoms with Gasteiger partial charge in [-0.1, -0.05) is 17.7 Å². The smallest absolute Gasteiger partial charge is 0.194 e. The first-order valence-electron chi connectivity index (χ1n) is 10.8. The van der Waals surface area contributed by atoms with Gasteiger partial charge in [0.05, 0.1) is 20.2 Å². The van der Waals surface area contributed by atoms with Gasteiger partial charge in [0.25, 0.3) is 0 Å². The molecule has 0 spiro atoms. The van der Waals surface area contributed by atoms with Gasteiger partial charge < -0.3 is 24.3 Å². The van der Waals surface area contributed by atoms with E-state index in [0.29, 0.717) is 6.54 Å². The largest absolute Gasteiger partial charge is 0.496 e. The molecule has 164 valence electrons. The highest BCUT2D eigenvalue weighted by molar-refractivity contribution is 5.79. The van der Waals surface area contributed by atoms with Crippen molar-refractivity contribution in [1.29, 1.82) is 0 Å². The summed E-state index contributed by atoms with van der Waals surface area (Å²) in [6, 6.07) is 10.7. The lowest BCUT2D eigenvalue weighted by Gasteiger charge is -2.38. The fourth-order valence-corrected chi connectivity index (χ4v) is 4.19. The summed E-state index contributed by atoms with van der Waals surface area (Å²) in [5, 5.41) is 3.47. The summed E-state index contributed by atoms with van der Waals surface area (Å²) < 4.78 is 13.6. The van der Waals surface area contributed by atoms with Crippen LogP contribution in [0.3, 0.4) is 0 Å². The summed E-state index contributed by atoms with van der Waals surface area (Å²) >= 11 is 0. The molecule has 1 N–H and O–H groups in total. The third kappa shape index (κ3) is 4.98. The molecule has 1 fully saturated rings. The van der Waals surface area contributed by atoms with Crippen molar-refractivity contribution >= 4 is 5.96 Å². The zero-order valence-electron chi connectivity index (χ0n) is 19.1. The molecular formula is C24H36N4O2. The van der Waals surface area contributed by atoms with E-state index in [1.807, 2.05) is 0 Å². The molecule has 2 aromatic rings. The number of nitrogens with one attached hydrogen (secondary N) is 1. The molecule has 0 bridgehead atoms. The molecule has 0 unspecified atom stereocenters. The average Bonchev–Trinajstić information content (AvgIpc) is 3.16. The van der Waals surface area contributed by atoms with Gasteiger partial charge in [0, 0.05) is 56.7 Å². The van der Waals surface area contributed by atoms with Gasteiger partial charge in [-0.3, -0.25) is 4.99 Å². The van der Waals surface area contributed by atoms with E-state index in [1.165, 1.54) is 16.8 Å². The van der Waals surface area contributed by atoms with Crippen LogP contribution in [0, 0.1) is 6.92 Å². The molecule has 30 heavy (non-hydrogen) atoms. The second-order valence-corrected chi connectivity index (χ2v) is 8.23. The van der Waals surface area contributed by atoms with E-state index in [4.69, 9.17) is 14.5 Å². The molecule has 1 aliphatic rings. The molecule has 0 aliphatic carbocycles. The molecule has 3 rings (SSSR count). The number of hydrogen-bond donors (Lipinski definition) is 1. The third-order valence-corrected chi connectivity index (χ3v) is 6.05. The van der Waals surface area contributed by atoms with Gasteiger partial charge in [0.15, 0.2) is 5.96 Å². The van der Waals surface area contributed by atoms with Crippen LogP contribution in [-0.4, -0.2) is 55.9 Å². The van der Waals surface area contributed by atoms with Crippen LogP contribution in [-0.2, 0) is 23.7 Å². The van der Waals surface area contributed by atoms with Crippen LogP contribution in [0.5, 0.6) is 5.75 Å². The number of rotatable bonds is 7. The highest BCUT2D eigenvalue weighted by Crippen LogP contribution is 2.40. The topological polar surface area (TPSA) is 51.0 Å². The van der Waals surface area contributed by atoms with Crippen molar-refractivity contribution in [1.82, 2.24) is 14.8 Å². The number of aryl methyl sites for hydroxylation is 2. The van der Waals surface area contributed by atoms with E-state index in [9.17, 15) is 0 Å². The minimum absolute atomic E-state index is 0.0813. The standard InChI is InChI=1S/C24H36N4O2/c1-6-25-23(28(4)17-20-8-7-13-27(20)3)26-18-24(11-14-30-15-12-24)21-16-19(2)9-10-22(21)29-5/h7-10,13,16H,6,11-12,14-15,17-18H2,1-5H3,(H,25,26). The molecular weight excluding hydrogens is 376 g/mol. The fraction of sp³-hybridized carbons (Fsp3) is 0.542. The lowest BCUT2D eigenvalue weighted by molar-refractivity contribution is 0.0522. The van der Waals surface area contributed by atoms with Gasteiger partial charge in [0.2, 0.25) is 0 Å². The van der Waals surface area contributed by atoms with Crippen LogP contribution >= 0.6 is 0 Å². The molecule has 0 atom stereocenters. The summed E-state index contributed by atoms with van der Waals surface area (Å²) in [5.41, 5.74) is 3.66. The normalized spacial score (nSPS) is 16.4. The number of nitrogens with zero attached hydrogens (tertiary/aromatic N) is 3. The van der Waals surface area contributed by atoms with E-state index in [0.717, 1.165) is 50.9 Å². The quantitative estimate of drug-likeness (QED) is 0.559. The number of guanidine groups is 1. The Morgan fingerprint density at radius 3 is 2.70 bits per heavy atom. The maximum absolute atomic E-state index is 5.75. The highest BCUT2D eigenvalue weighted by Gasteiger charge is 2.37.